The number of nitrogens with zero attached hydrogens (tertiary/aromatic N) is 1. The molecule has 102 valence electrons. The van der Waals surface area contributed by atoms with E-state index in [0.29, 0.717) is 12.3 Å². The van der Waals surface area contributed by atoms with Crippen molar-refractivity contribution in [2.45, 2.75) is 59.4 Å². The van der Waals surface area contributed by atoms with E-state index in [0.717, 1.165) is 30.0 Å². The number of nitrogens with one attached hydrogen (secondary N) is 1. The van der Waals surface area contributed by atoms with Crippen molar-refractivity contribution < 1.29 is 4.79 Å². The lowest BCUT2D eigenvalue weighted by molar-refractivity contribution is -0.122. The molecule has 0 aliphatic heterocycles. The molecule has 18 heavy (non-hydrogen) atoms. The van der Waals surface area contributed by atoms with Crippen molar-refractivity contribution in [1.29, 1.82) is 0 Å². The lowest BCUT2D eigenvalue weighted by atomic mass is 10.0. The first-order valence-corrected chi connectivity index (χ1v) is 7.62. The van der Waals surface area contributed by atoms with E-state index in [1.54, 1.807) is 11.3 Å². The van der Waals surface area contributed by atoms with Gasteiger partial charge in [-0.05, 0) is 25.7 Å². The zero-order valence-electron chi connectivity index (χ0n) is 11.8. The van der Waals surface area contributed by atoms with Gasteiger partial charge in [-0.2, -0.15) is 0 Å². The highest BCUT2D eigenvalue weighted by Gasteiger charge is 2.18. The van der Waals surface area contributed by atoms with Crippen LogP contribution < -0.4 is 5.32 Å². The first-order valence-electron chi connectivity index (χ1n) is 6.74. The van der Waals surface area contributed by atoms with Gasteiger partial charge in [-0.3, -0.25) is 4.79 Å². The van der Waals surface area contributed by atoms with Gasteiger partial charge in [-0.1, -0.05) is 27.2 Å². The van der Waals surface area contributed by atoms with E-state index < -0.39 is 0 Å². The van der Waals surface area contributed by atoms with Crippen LogP contribution in [0.1, 0.15) is 63.2 Å². The van der Waals surface area contributed by atoms with E-state index >= 15 is 0 Å². The number of aryl methyl sites for hydroxylation is 1. The van der Waals surface area contributed by atoms with Gasteiger partial charge in [0.15, 0.2) is 0 Å². The van der Waals surface area contributed by atoms with Gasteiger partial charge in [0.25, 0.3) is 0 Å². The molecule has 1 amide bonds. The molecule has 0 spiro atoms. The van der Waals surface area contributed by atoms with Gasteiger partial charge < -0.3 is 5.32 Å². The number of aromatic nitrogens is 1. The number of thiazole rings is 1. The van der Waals surface area contributed by atoms with E-state index in [-0.39, 0.29) is 11.9 Å². The molecule has 0 aliphatic rings. The molecule has 4 heteroatoms. The standard InChI is InChI=1S/C14H24N2OS/c1-5-6-7-13(17)16-12(8-10(2)3)14-15-11(4)9-18-14/h9-10,12H,5-8H2,1-4H3,(H,16,17). The fraction of sp³-hybridized carbons (Fsp3) is 0.714. The van der Waals surface area contributed by atoms with Crippen LogP contribution in [0.3, 0.4) is 0 Å². The molecule has 0 saturated carbocycles. The molecule has 1 aromatic rings. The number of hydrogen-bond donors (Lipinski definition) is 1. The first-order chi connectivity index (χ1) is 8.52. The predicted octanol–water partition coefficient (Wildman–Crippen LogP) is 3.85. The third kappa shape index (κ3) is 5.17. The van der Waals surface area contributed by atoms with Crippen LogP contribution in [0.15, 0.2) is 5.38 Å². The van der Waals surface area contributed by atoms with Crippen molar-refractivity contribution in [1.82, 2.24) is 10.3 Å². The van der Waals surface area contributed by atoms with Gasteiger partial charge >= 0.3 is 0 Å². The quantitative estimate of drug-likeness (QED) is 0.816. The van der Waals surface area contributed by atoms with E-state index in [9.17, 15) is 4.79 Å². The smallest absolute Gasteiger partial charge is 0.220 e. The number of carbonyl (C=O) groups excluding carboxylic acids is 1. The molecule has 0 saturated heterocycles. The molecule has 3 nitrogen and oxygen atoms in total. The van der Waals surface area contributed by atoms with Crippen LogP contribution in [0.25, 0.3) is 0 Å². The Labute approximate surface area is 114 Å². The Morgan fingerprint density at radius 2 is 2.22 bits per heavy atom. The van der Waals surface area contributed by atoms with Crippen molar-refractivity contribution >= 4 is 17.2 Å². The minimum absolute atomic E-state index is 0.0769. The summed E-state index contributed by atoms with van der Waals surface area (Å²) in [6, 6.07) is 0.0769. The topological polar surface area (TPSA) is 42.0 Å². The second-order valence-electron chi connectivity index (χ2n) is 5.18. The van der Waals surface area contributed by atoms with Crippen LogP contribution in [-0.4, -0.2) is 10.9 Å². The molecule has 1 atom stereocenters. The Balaban J connectivity index is 2.64. The highest BCUT2D eigenvalue weighted by Crippen LogP contribution is 2.24. The van der Waals surface area contributed by atoms with E-state index in [2.05, 4.69) is 31.1 Å². The summed E-state index contributed by atoms with van der Waals surface area (Å²) in [5, 5.41) is 6.20. The average molecular weight is 268 g/mol. The number of carbonyl (C=O) groups is 1. The minimum Gasteiger partial charge on any atom is -0.347 e. The second kappa shape index (κ2) is 7.52. The summed E-state index contributed by atoms with van der Waals surface area (Å²) in [5.41, 5.74) is 1.03. The highest BCUT2D eigenvalue weighted by molar-refractivity contribution is 7.09. The van der Waals surface area contributed by atoms with E-state index in [4.69, 9.17) is 0 Å². The van der Waals surface area contributed by atoms with Gasteiger partial charge in [0.2, 0.25) is 5.91 Å². The van der Waals surface area contributed by atoms with Crippen LogP contribution >= 0.6 is 11.3 Å². The Bertz CT molecular complexity index is 374. The van der Waals surface area contributed by atoms with E-state index in [1.165, 1.54) is 0 Å². The molecule has 1 N–H and O–H groups in total. The Hall–Kier alpha value is -0.900. The molecule has 0 fully saturated rings. The van der Waals surface area contributed by atoms with Crippen molar-refractivity contribution in [3.05, 3.63) is 16.1 Å². The summed E-state index contributed by atoms with van der Waals surface area (Å²) in [6.45, 7) is 8.44. The van der Waals surface area contributed by atoms with Crippen molar-refractivity contribution in [3.63, 3.8) is 0 Å². The van der Waals surface area contributed by atoms with Crippen LogP contribution in [0, 0.1) is 12.8 Å². The molecule has 1 rings (SSSR count). The van der Waals surface area contributed by atoms with Gasteiger partial charge in [0.05, 0.1) is 6.04 Å². The maximum Gasteiger partial charge on any atom is 0.220 e. The molecular weight excluding hydrogens is 244 g/mol. The first kappa shape index (κ1) is 15.2. The molecule has 0 bridgehead atoms. The molecule has 0 radical (unpaired) electrons. The molecule has 0 aliphatic carbocycles. The Morgan fingerprint density at radius 1 is 1.50 bits per heavy atom. The maximum absolute atomic E-state index is 11.8. The zero-order chi connectivity index (χ0) is 13.5. The third-order valence-electron chi connectivity index (χ3n) is 2.73. The highest BCUT2D eigenvalue weighted by atomic mass is 32.1. The Kier molecular flexibility index (Phi) is 6.33. The number of amides is 1. The largest absolute Gasteiger partial charge is 0.347 e. The van der Waals surface area contributed by atoms with Crippen molar-refractivity contribution in [2.75, 3.05) is 0 Å². The number of rotatable bonds is 7. The summed E-state index contributed by atoms with van der Waals surface area (Å²) in [6.07, 6.45) is 3.58. The lowest BCUT2D eigenvalue weighted by Gasteiger charge is -2.18. The summed E-state index contributed by atoms with van der Waals surface area (Å²) in [7, 11) is 0. The monoisotopic (exact) mass is 268 g/mol. The van der Waals surface area contributed by atoms with Crippen molar-refractivity contribution in [3.8, 4) is 0 Å². The van der Waals surface area contributed by atoms with Gasteiger partial charge in [0, 0.05) is 17.5 Å². The second-order valence-corrected chi connectivity index (χ2v) is 6.07. The lowest BCUT2D eigenvalue weighted by Crippen LogP contribution is -2.29. The SMILES string of the molecule is CCCCC(=O)NC(CC(C)C)c1nc(C)cs1. The third-order valence-corrected chi connectivity index (χ3v) is 3.81. The summed E-state index contributed by atoms with van der Waals surface area (Å²) >= 11 is 1.64. The maximum atomic E-state index is 11.8. The summed E-state index contributed by atoms with van der Waals surface area (Å²) in [4.78, 5) is 16.3. The summed E-state index contributed by atoms with van der Waals surface area (Å²) < 4.78 is 0. The van der Waals surface area contributed by atoms with Crippen LogP contribution in [0.2, 0.25) is 0 Å². The molecule has 1 unspecified atom stereocenters. The van der Waals surface area contributed by atoms with Crippen LogP contribution in [-0.2, 0) is 4.79 Å². The fourth-order valence-corrected chi connectivity index (χ4v) is 2.69. The van der Waals surface area contributed by atoms with Crippen molar-refractivity contribution in [2.24, 2.45) is 5.92 Å². The van der Waals surface area contributed by atoms with Crippen LogP contribution in [0.4, 0.5) is 0 Å². The van der Waals surface area contributed by atoms with Gasteiger partial charge in [0.1, 0.15) is 5.01 Å². The average Bonchev–Trinajstić information content (AvgIpc) is 2.71. The van der Waals surface area contributed by atoms with Gasteiger partial charge in [-0.15, -0.1) is 11.3 Å². The molecular formula is C14H24N2OS. The number of unbranched alkanes of at least 4 members (excludes halogenated alkanes) is 1. The zero-order valence-corrected chi connectivity index (χ0v) is 12.6. The molecule has 1 aromatic heterocycles. The molecule has 0 aromatic carbocycles. The molecule has 1 heterocycles. The summed E-state index contributed by atoms with van der Waals surface area (Å²) in [5.74, 6) is 0.695. The number of hydrogen-bond acceptors (Lipinski definition) is 3. The predicted molar refractivity (Wildman–Crippen MR) is 76.7 cm³/mol. The normalized spacial score (nSPS) is 12.7. The van der Waals surface area contributed by atoms with E-state index in [1.807, 2.05) is 12.3 Å². The van der Waals surface area contributed by atoms with Crippen LogP contribution in [0.5, 0.6) is 0 Å². The fourth-order valence-electron chi connectivity index (χ4n) is 1.83. The Morgan fingerprint density at radius 3 is 2.72 bits per heavy atom. The van der Waals surface area contributed by atoms with Gasteiger partial charge in [-0.25, -0.2) is 4.98 Å². The minimum atomic E-state index is 0.0769.